The van der Waals surface area contributed by atoms with Crippen molar-refractivity contribution in [1.82, 2.24) is 4.72 Å². The van der Waals surface area contributed by atoms with Crippen molar-refractivity contribution in [3.05, 3.63) is 85.6 Å². The Hall–Kier alpha value is -1.77. The van der Waals surface area contributed by atoms with E-state index in [1.54, 1.807) is 6.08 Å². The van der Waals surface area contributed by atoms with E-state index in [1.807, 2.05) is 60.0 Å². The summed E-state index contributed by atoms with van der Waals surface area (Å²) in [6, 6.07) is 16.7. The van der Waals surface area contributed by atoms with Crippen molar-refractivity contribution in [2.45, 2.75) is 12.6 Å². The van der Waals surface area contributed by atoms with Crippen LogP contribution >= 0.6 is 22.7 Å². The van der Waals surface area contributed by atoms with Gasteiger partial charge >= 0.3 is 0 Å². The summed E-state index contributed by atoms with van der Waals surface area (Å²) in [5.74, 6) is 0. The Bertz CT molecular complexity index is 929. The molecular formula is C18H17NO3S3. The van der Waals surface area contributed by atoms with Crippen LogP contribution in [-0.2, 0) is 16.6 Å². The van der Waals surface area contributed by atoms with Gasteiger partial charge in [0.05, 0.1) is 0 Å². The Morgan fingerprint density at radius 2 is 1.84 bits per heavy atom. The smallest absolute Gasteiger partial charge is 0.234 e. The maximum atomic E-state index is 12.1. The normalized spacial score (nSPS) is 13.3. The van der Waals surface area contributed by atoms with E-state index < -0.39 is 16.1 Å². The minimum Gasteiger partial charge on any atom is -0.382 e. The third kappa shape index (κ3) is 5.10. The zero-order valence-corrected chi connectivity index (χ0v) is 15.7. The minimum absolute atomic E-state index is 0.198. The van der Waals surface area contributed by atoms with E-state index in [0.717, 1.165) is 25.6 Å². The van der Waals surface area contributed by atoms with Crippen molar-refractivity contribution in [2.24, 2.45) is 0 Å². The average molecular weight is 392 g/mol. The molecule has 0 amide bonds. The van der Waals surface area contributed by atoms with Crippen LogP contribution in [0.25, 0.3) is 6.08 Å². The fourth-order valence-electron chi connectivity index (χ4n) is 2.18. The number of nitrogens with one attached hydrogen (secondary N) is 1. The molecule has 0 spiro atoms. The Morgan fingerprint density at radius 3 is 2.56 bits per heavy atom. The SMILES string of the molecule is O=S(=O)(/C=C/c1ccccc1)NCc1ccc([C@H](O)c2cccs2)s1. The van der Waals surface area contributed by atoms with Crippen LogP contribution < -0.4 is 4.72 Å². The van der Waals surface area contributed by atoms with E-state index in [4.69, 9.17) is 0 Å². The highest BCUT2D eigenvalue weighted by molar-refractivity contribution is 7.92. The fourth-order valence-corrected chi connectivity index (χ4v) is 4.82. The molecule has 3 rings (SSSR count). The molecule has 2 aromatic heterocycles. The molecule has 7 heteroatoms. The summed E-state index contributed by atoms with van der Waals surface area (Å²) < 4.78 is 26.7. The number of thiophene rings is 2. The molecule has 0 unspecified atom stereocenters. The van der Waals surface area contributed by atoms with Gasteiger partial charge in [-0.05, 0) is 35.2 Å². The topological polar surface area (TPSA) is 66.4 Å². The summed E-state index contributed by atoms with van der Waals surface area (Å²) in [5.41, 5.74) is 0.824. The molecule has 1 aromatic carbocycles. The quantitative estimate of drug-likeness (QED) is 0.640. The van der Waals surface area contributed by atoms with Crippen molar-refractivity contribution in [3.63, 3.8) is 0 Å². The summed E-state index contributed by atoms with van der Waals surface area (Å²) in [7, 11) is -3.52. The first-order valence-corrected chi connectivity index (χ1v) is 10.8. The van der Waals surface area contributed by atoms with Gasteiger partial charge < -0.3 is 5.11 Å². The number of benzene rings is 1. The molecule has 0 aliphatic rings. The zero-order valence-electron chi connectivity index (χ0n) is 13.2. The van der Waals surface area contributed by atoms with Crippen LogP contribution in [0.5, 0.6) is 0 Å². The van der Waals surface area contributed by atoms with Gasteiger partial charge in [0, 0.05) is 26.6 Å². The first-order chi connectivity index (χ1) is 12.0. The molecule has 1 atom stereocenters. The van der Waals surface area contributed by atoms with E-state index in [0.29, 0.717) is 0 Å². The summed E-state index contributed by atoms with van der Waals surface area (Å²) in [6.45, 7) is 0.198. The predicted octanol–water partition coefficient (Wildman–Crippen LogP) is 3.98. The second-order valence-electron chi connectivity index (χ2n) is 5.30. The number of rotatable bonds is 7. The molecule has 0 fully saturated rings. The van der Waals surface area contributed by atoms with Gasteiger partial charge in [0.2, 0.25) is 10.0 Å². The Balaban J connectivity index is 1.61. The molecule has 130 valence electrons. The molecule has 3 aromatic rings. The number of aliphatic hydroxyl groups excluding tert-OH is 1. The van der Waals surface area contributed by atoms with Gasteiger partial charge in [0.25, 0.3) is 0 Å². The van der Waals surface area contributed by atoms with E-state index >= 15 is 0 Å². The largest absolute Gasteiger partial charge is 0.382 e. The molecule has 2 heterocycles. The number of hydrogen-bond donors (Lipinski definition) is 2. The van der Waals surface area contributed by atoms with Gasteiger partial charge in [-0.3, -0.25) is 0 Å². The lowest BCUT2D eigenvalue weighted by atomic mass is 10.2. The van der Waals surface area contributed by atoms with Crippen molar-refractivity contribution >= 4 is 38.8 Å². The molecule has 0 bridgehead atoms. The van der Waals surface area contributed by atoms with Crippen LogP contribution in [-0.4, -0.2) is 13.5 Å². The lowest BCUT2D eigenvalue weighted by Gasteiger charge is -2.05. The molecule has 2 N–H and O–H groups in total. The second-order valence-corrected chi connectivity index (χ2v) is 9.13. The van der Waals surface area contributed by atoms with E-state index in [-0.39, 0.29) is 6.54 Å². The van der Waals surface area contributed by atoms with Crippen LogP contribution in [0.2, 0.25) is 0 Å². The van der Waals surface area contributed by atoms with Gasteiger partial charge in [-0.1, -0.05) is 36.4 Å². The number of sulfonamides is 1. The molecule has 0 saturated heterocycles. The van der Waals surface area contributed by atoms with Gasteiger partial charge in [-0.15, -0.1) is 22.7 Å². The van der Waals surface area contributed by atoms with Crippen molar-refractivity contribution < 1.29 is 13.5 Å². The first kappa shape index (κ1) is 18.0. The fraction of sp³-hybridized carbons (Fsp3) is 0.111. The second kappa shape index (κ2) is 8.07. The summed E-state index contributed by atoms with van der Waals surface area (Å²) in [5, 5.41) is 13.4. The Kier molecular flexibility index (Phi) is 5.82. The van der Waals surface area contributed by atoms with Crippen molar-refractivity contribution in [3.8, 4) is 0 Å². The highest BCUT2D eigenvalue weighted by Crippen LogP contribution is 2.30. The highest BCUT2D eigenvalue weighted by atomic mass is 32.2. The van der Waals surface area contributed by atoms with Gasteiger partial charge in [-0.2, -0.15) is 0 Å². The van der Waals surface area contributed by atoms with Crippen LogP contribution in [0.1, 0.15) is 26.3 Å². The molecule has 25 heavy (non-hydrogen) atoms. The lowest BCUT2D eigenvalue weighted by Crippen LogP contribution is -2.19. The standard InChI is InChI=1S/C18H17NO3S3/c20-18(16-7-4-11-23-16)17-9-8-15(24-17)13-19-25(21,22)12-10-14-5-2-1-3-6-14/h1-12,18-20H,13H2/b12-10+/t18-/m1/s1. The molecule has 0 aliphatic heterocycles. The summed E-state index contributed by atoms with van der Waals surface area (Å²) >= 11 is 2.89. The molecule has 4 nitrogen and oxygen atoms in total. The third-order valence-corrected chi connectivity index (χ3v) is 6.55. The van der Waals surface area contributed by atoms with E-state index in [9.17, 15) is 13.5 Å². The third-order valence-electron chi connectivity index (χ3n) is 3.45. The van der Waals surface area contributed by atoms with Crippen molar-refractivity contribution in [1.29, 1.82) is 0 Å². The van der Waals surface area contributed by atoms with Crippen LogP contribution in [0, 0.1) is 0 Å². The van der Waals surface area contributed by atoms with E-state index in [1.165, 1.54) is 22.7 Å². The van der Waals surface area contributed by atoms with Gasteiger partial charge in [0.15, 0.2) is 0 Å². The zero-order chi connectivity index (χ0) is 17.7. The number of aliphatic hydroxyl groups is 1. The van der Waals surface area contributed by atoms with Gasteiger partial charge in [0.1, 0.15) is 6.10 Å². The molecule has 0 aliphatic carbocycles. The summed E-state index contributed by atoms with van der Waals surface area (Å²) in [4.78, 5) is 2.53. The maximum Gasteiger partial charge on any atom is 0.234 e. The average Bonchev–Trinajstić information content (AvgIpc) is 3.31. The first-order valence-electron chi connectivity index (χ1n) is 7.56. The molecular weight excluding hydrogens is 374 g/mol. The van der Waals surface area contributed by atoms with Crippen LogP contribution in [0.15, 0.2) is 65.4 Å². The highest BCUT2D eigenvalue weighted by Gasteiger charge is 2.14. The predicted molar refractivity (Wildman–Crippen MR) is 104 cm³/mol. The van der Waals surface area contributed by atoms with Crippen molar-refractivity contribution in [2.75, 3.05) is 0 Å². The lowest BCUT2D eigenvalue weighted by molar-refractivity contribution is 0.228. The molecule has 0 saturated carbocycles. The number of hydrogen-bond acceptors (Lipinski definition) is 5. The van der Waals surface area contributed by atoms with E-state index in [2.05, 4.69) is 4.72 Å². The molecule has 0 radical (unpaired) electrons. The maximum absolute atomic E-state index is 12.1. The minimum atomic E-state index is -3.52. The Morgan fingerprint density at radius 1 is 1.04 bits per heavy atom. The summed E-state index contributed by atoms with van der Waals surface area (Å²) in [6.07, 6.45) is 0.899. The van der Waals surface area contributed by atoms with Gasteiger partial charge in [-0.25, -0.2) is 13.1 Å². The Labute approximate surface area is 155 Å². The monoisotopic (exact) mass is 391 g/mol. The van der Waals surface area contributed by atoms with Crippen LogP contribution in [0.4, 0.5) is 0 Å². The van der Waals surface area contributed by atoms with Crippen LogP contribution in [0.3, 0.4) is 0 Å².